The van der Waals surface area contributed by atoms with Crippen LogP contribution < -0.4 is 14.8 Å². The van der Waals surface area contributed by atoms with Crippen LogP contribution in [0.5, 0.6) is 5.75 Å². The number of carbonyl (C=O) groups excluding carboxylic acids is 1. The summed E-state index contributed by atoms with van der Waals surface area (Å²) < 4.78 is 34.2. The Bertz CT molecular complexity index is 1200. The standard InChI is InChI=1S/C24H25ClN2O4S2/c1-3-31-22-14-13-18(16-19(22)25)33(29,30)27-21(15-17-9-5-4-6-10-17)24(28)26-20-11-7-8-12-23(20)32-2/h4-14,16,21,27H,3,15H2,1-2H3,(H,26,28)/t21-/m0/s1. The summed E-state index contributed by atoms with van der Waals surface area (Å²) in [5.41, 5.74) is 1.44. The molecular weight excluding hydrogens is 480 g/mol. The van der Waals surface area contributed by atoms with Gasteiger partial charge in [-0.3, -0.25) is 4.79 Å². The van der Waals surface area contributed by atoms with Gasteiger partial charge in [0.2, 0.25) is 15.9 Å². The normalized spacial score (nSPS) is 12.2. The fourth-order valence-corrected chi connectivity index (χ4v) is 5.26. The molecule has 0 fully saturated rings. The van der Waals surface area contributed by atoms with Gasteiger partial charge in [0.05, 0.1) is 22.2 Å². The average Bonchev–Trinajstić information content (AvgIpc) is 2.81. The summed E-state index contributed by atoms with van der Waals surface area (Å²) in [5.74, 6) is -0.0636. The van der Waals surface area contributed by atoms with Gasteiger partial charge in [0.1, 0.15) is 11.8 Å². The summed E-state index contributed by atoms with van der Waals surface area (Å²) in [6, 6.07) is 19.8. The Balaban J connectivity index is 1.89. The predicted molar refractivity (Wildman–Crippen MR) is 134 cm³/mol. The number of rotatable bonds is 10. The maximum absolute atomic E-state index is 13.2. The molecule has 0 saturated heterocycles. The second-order valence-corrected chi connectivity index (χ2v) is 10.0. The predicted octanol–water partition coefficient (Wildman–Crippen LogP) is 4.99. The van der Waals surface area contributed by atoms with Crippen LogP contribution in [0.15, 0.2) is 82.6 Å². The van der Waals surface area contributed by atoms with E-state index in [4.69, 9.17) is 16.3 Å². The molecule has 1 atom stereocenters. The third kappa shape index (κ3) is 6.74. The minimum Gasteiger partial charge on any atom is -0.492 e. The molecule has 3 rings (SSSR count). The molecule has 2 N–H and O–H groups in total. The Morgan fingerprint density at radius 1 is 1.06 bits per heavy atom. The summed E-state index contributed by atoms with van der Waals surface area (Å²) in [7, 11) is -4.04. The number of para-hydroxylation sites is 1. The number of halogens is 1. The molecule has 0 bridgehead atoms. The largest absolute Gasteiger partial charge is 0.492 e. The zero-order chi connectivity index (χ0) is 23.8. The van der Waals surface area contributed by atoms with Crippen LogP contribution in [-0.4, -0.2) is 33.2 Å². The van der Waals surface area contributed by atoms with Gasteiger partial charge in [0.25, 0.3) is 0 Å². The topological polar surface area (TPSA) is 84.5 Å². The van der Waals surface area contributed by atoms with Gasteiger partial charge in [0.15, 0.2) is 0 Å². The molecule has 33 heavy (non-hydrogen) atoms. The molecule has 1 amide bonds. The van der Waals surface area contributed by atoms with Crippen molar-refractivity contribution in [1.29, 1.82) is 0 Å². The van der Waals surface area contributed by atoms with E-state index in [1.165, 1.54) is 30.0 Å². The quantitative estimate of drug-likeness (QED) is 0.380. The van der Waals surface area contributed by atoms with Gasteiger partial charge in [-0.2, -0.15) is 4.72 Å². The van der Waals surface area contributed by atoms with Crippen molar-refractivity contribution in [3.8, 4) is 5.75 Å². The number of ether oxygens (including phenoxy) is 1. The molecule has 0 aliphatic heterocycles. The Labute approximate surface area is 203 Å². The van der Waals surface area contributed by atoms with E-state index in [1.54, 1.807) is 6.07 Å². The summed E-state index contributed by atoms with van der Waals surface area (Å²) in [6.07, 6.45) is 2.09. The van der Waals surface area contributed by atoms with Gasteiger partial charge in [-0.05, 0) is 55.5 Å². The van der Waals surface area contributed by atoms with Crippen LogP contribution in [0.3, 0.4) is 0 Å². The van der Waals surface area contributed by atoms with Crippen molar-refractivity contribution < 1.29 is 17.9 Å². The lowest BCUT2D eigenvalue weighted by Crippen LogP contribution is -2.45. The number of hydrogen-bond acceptors (Lipinski definition) is 5. The van der Waals surface area contributed by atoms with Crippen molar-refractivity contribution in [3.05, 3.63) is 83.4 Å². The molecular formula is C24H25ClN2O4S2. The number of thioether (sulfide) groups is 1. The lowest BCUT2D eigenvalue weighted by atomic mass is 10.1. The van der Waals surface area contributed by atoms with Crippen LogP contribution >= 0.6 is 23.4 Å². The molecule has 0 saturated carbocycles. The summed E-state index contributed by atoms with van der Waals surface area (Å²) >= 11 is 7.68. The van der Waals surface area contributed by atoms with Gasteiger partial charge >= 0.3 is 0 Å². The third-order valence-electron chi connectivity index (χ3n) is 4.77. The Hall–Kier alpha value is -2.52. The fraction of sp³-hybridized carbons (Fsp3) is 0.208. The minimum atomic E-state index is -4.04. The van der Waals surface area contributed by atoms with Crippen molar-refractivity contribution in [3.63, 3.8) is 0 Å². The number of carbonyl (C=O) groups is 1. The smallest absolute Gasteiger partial charge is 0.242 e. The molecule has 174 valence electrons. The average molecular weight is 505 g/mol. The summed E-state index contributed by atoms with van der Waals surface area (Å²) in [4.78, 5) is 14.0. The number of amides is 1. The lowest BCUT2D eigenvalue weighted by Gasteiger charge is -2.20. The lowest BCUT2D eigenvalue weighted by molar-refractivity contribution is -0.117. The van der Waals surface area contributed by atoms with Gasteiger partial charge in [0, 0.05) is 4.90 Å². The van der Waals surface area contributed by atoms with E-state index in [0.717, 1.165) is 10.5 Å². The van der Waals surface area contributed by atoms with Crippen LogP contribution in [0, 0.1) is 0 Å². The van der Waals surface area contributed by atoms with Crippen molar-refractivity contribution in [1.82, 2.24) is 4.72 Å². The van der Waals surface area contributed by atoms with Crippen LogP contribution in [0.2, 0.25) is 5.02 Å². The molecule has 3 aromatic carbocycles. The van der Waals surface area contributed by atoms with Crippen molar-refractivity contribution in [2.24, 2.45) is 0 Å². The van der Waals surface area contributed by atoms with E-state index < -0.39 is 22.0 Å². The molecule has 6 nitrogen and oxygen atoms in total. The number of sulfonamides is 1. The van der Waals surface area contributed by atoms with E-state index >= 15 is 0 Å². The van der Waals surface area contributed by atoms with Crippen LogP contribution in [0.4, 0.5) is 5.69 Å². The first-order valence-electron chi connectivity index (χ1n) is 10.3. The number of anilines is 1. The molecule has 0 radical (unpaired) electrons. The van der Waals surface area contributed by atoms with E-state index in [9.17, 15) is 13.2 Å². The van der Waals surface area contributed by atoms with Crippen molar-refractivity contribution in [2.45, 2.75) is 29.2 Å². The first kappa shape index (κ1) is 25.1. The highest BCUT2D eigenvalue weighted by atomic mass is 35.5. The van der Waals surface area contributed by atoms with Crippen LogP contribution in [-0.2, 0) is 21.2 Å². The maximum atomic E-state index is 13.2. The molecule has 0 heterocycles. The minimum absolute atomic E-state index is 0.0497. The van der Waals surface area contributed by atoms with E-state index in [0.29, 0.717) is 18.0 Å². The second kappa shape index (κ2) is 11.6. The van der Waals surface area contributed by atoms with Gasteiger partial charge in [-0.15, -0.1) is 11.8 Å². The first-order valence-corrected chi connectivity index (χ1v) is 13.3. The second-order valence-electron chi connectivity index (χ2n) is 7.08. The highest BCUT2D eigenvalue weighted by Crippen LogP contribution is 2.28. The van der Waals surface area contributed by atoms with E-state index in [-0.39, 0.29) is 16.3 Å². The molecule has 3 aromatic rings. The van der Waals surface area contributed by atoms with Crippen molar-refractivity contribution in [2.75, 3.05) is 18.2 Å². The van der Waals surface area contributed by atoms with Crippen LogP contribution in [0.1, 0.15) is 12.5 Å². The molecule has 0 aliphatic carbocycles. The molecule has 0 aromatic heterocycles. The summed E-state index contributed by atoms with van der Waals surface area (Å²) in [5, 5.41) is 3.04. The number of hydrogen-bond donors (Lipinski definition) is 2. The zero-order valence-corrected chi connectivity index (χ0v) is 20.6. The highest BCUT2D eigenvalue weighted by molar-refractivity contribution is 7.98. The SMILES string of the molecule is CCOc1ccc(S(=O)(=O)N[C@@H](Cc2ccccc2)C(=O)Nc2ccccc2SC)cc1Cl. The van der Waals surface area contributed by atoms with E-state index in [1.807, 2.05) is 61.7 Å². The van der Waals surface area contributed by atoms with Gasteiger partial charge in [-0.1, -0.05) is 54.1 Å². The number of nitrogens with one attached hydrogen (secondary N) is 2. The fourth-order valence-electron chi connectivity index (χ4n) is 3.18. The Morgan fingerprint density at radius 2 is 1.76 bits per heavy atom. The molecule has 0 unspecified atom stereocenters. The Kier molecular flexibility index (Phi) is 8.80. The monoisotopic (exact) mass is 504 g/mol. The van der Waals surface area contributed by atoms with Crippen LogP contribution in [0.25, 0.3) is 0 Å². The van der Waals surface area contributed by atoms with Gasteiger partial charge in [-0.25, -0.2) is 8.42 Å². The van der Waals surface area contributed by atoms with Crippen molar-refractivity contribution >= 4 is 45.0 Å². The first-order chi connectivity index (χ1) is 15.8. The van der Waals surface area contributed by atoms with E-state index in [2.05, 4.69) is 10.0 Å². The third-order valence-corrected chi connectivity index (χ3v) is 7.34. The maximum Gasteiger partial charge on any atom is 0.242 e. The molecule has 0 spiro atoms. The molecule has 0 aliphatic rings. The summed E-state index contributed by atoms with van der Waals surface area (Å²) in [6.45, 7) is 2.21. The zero-order valence-electron chi connectivity index (χ0n) is 18.2. The highest BCUT2D eigenvalue weighted by Gasteiger charge is 2.27. The molecule has 9 heteroatoms. The Morgan fingerprint density at radius 3 is 2.42 bits per heavy atom. The van der Waals surface area contributed by atoms with Gasteiger partial charge < -0.3 is 10.1 Å². The number of benzene rings is 3.